The maximum Gasteiger partial charge on any atom is 0.410 e. The van der Waals surface area contributed by atoms with Crippen LogP contribution in [0.2, 0.25) is 0 Å². The highest BCUT2D eigenvalue weighted by molar-refractivity contribution is 5.68. The molecule has 3 atom stereocenters. The molecule has 1 aliphatic carbocycles. The number of nitrogens with one attached hydrogen (secondary N) is 1. The number of aromatic nitrogens is 3. The first-order valence-corrected chi connectivity index (χ1v) is 10.4. The quantitative estimate of drug-likeness (QED) is 0.852. The van der Waals surface area contributed by atoms with Gasteiger partial charge in [0.2, 0.25) is 0 Å². The van der Waals surface area contributed by atoms with Gasteiger partial charge in [0.05, 0.1) is 5.69 Å². The van der Waals surface area contributed by atoms with Gasteiger partial charge in [-0.2, -0.15) is 5.10 Å². The van der Waals surface area contributed by atoms with Crippen LogP contribution in [0.4, 0.5) is 10.6 Å². The summed E-state index contributed by atoms with van der Waals surface area (Å²) in [7, 11) is 1.93. The largest absolute Gasteiger partial charge is 0.444 e. The summed E-state index contributed by atoms with van der Waals surface area (Å²) < 4.78 is 7.35. The van der Waals surface area contributed by atoms with Gasteiger partial charge in [0.1, 0.15) is 11.4 Å². The van der Waals surface area contributed by atoms with Crippen LogP contribution in [-0.2, 0) is 11.8 Å². The van der Waals surface area contributed by atoms with Crippen molar-refractivity contribution >= 4 is 11.9 Å². The van der Waals surface area contributed by atoms with Crippen molar-refractivity contribution in [3.05, 3.63) is 30.2 Å². The molecule has 1 amide bonds. The Morgan fingerprint density at radius 1 is 1.21 bits per heavy atom. The first kappa shape index (κ1) is 19.7. The molecule has 3 heterocycles. The Morgan fingerprint density at radius 2 is 1.90 bits per heavy atom. The van der Waals surface area contributed by atoms with Gasteiger partial charge in [0.15, 0.2) is 0 Å². The first-order valence-electron chi connectivity index (χ1n) is 10.4. The molecule has 0 bridgehead atoms. The van der Waals surface area contributed by atoms with E-state index >= 15 is 0 Å². The summed E-state index contributed by atoms with van der Waals surface area (Å²) in [5, 5.41) is 7.98. The zero-order valence-electron chi connectivity index (χ0n) is 18.0. The van der Waals surface area contributed by atoms with Crippen molar-refractivity contribution in [1.29, 1.82) is 0 Å². The number of anilines is 1. The number of pyridine rings is 1. The predicted octanol–water partition coefficient (Wildman–Crippen LogP) is 3.85. The van der Waals surface area contributed by atoms with E-state index in [1.807, 2.05) is 62.8 Å². The topological polar surface area (TPSA) is 72.3 Å². The van der Waals surface area contributed by atoms with Crippen molar-refractivity contribution in [2.75, 3.05) is 18.4 Å². The second-order valence-electron chi connectivity index (χ2n) is 9.45. The summed E-state index contributed by atoms with van der Waals surface area (Å²) in [6.07, 6.45) is 5.88. The minimum absolute atomic E-state index is 0.181. The summed E-state index contributed by atoms with van der Waals surface area (Å²) >= 11 is 0. The van der Waals surface area contributed by atoms with Crippen molar-refractivity contribution in [3.8, 4) is 11.1 Å². The number of hydrogen-bond acceptors (Lipinski definition) is 5. The lowest BCUT2D eigenvalue weighted by atomic mass is 10.0. The minimum atomic E-state index is -0.439. The smallest absolute Gasteiger partial charge is 0.410 e. The van der Waals surface area contributed by atoms with Gasteiger partial charge in [-0.25, -0.2) is 9.78 Å². The minimum Gasteiger partial charge on any atom is -0.444 e. The van der Waals surface area contributed by atoms with Crippen LogP contribution in [0.1, 0.15) is 39.3 Å². The van der Waals surface area contributed by atoms with Crippen LogP contribution in [0.25, 0.3) is 11.1 Å². The standard InChI is InChI=1S/C22H31N5O2/c1-14-19(13-26(5)25-14)15-6-7-20(23-10-15)24-18-8-16-11-27(12-17(16)9-18)21(28)29-22(2,3)4/h6-7,10,13,16-18H,8-9,11-12H2,1-5H3,(H,23,24)/t16-,17+,18+. The van der Waals surface area contributed by atoms with Crippen LogP contribution in [0.5, 0.6) is 0 Å². The second-order valence-corrected chi connectivity index (χ2v) is 9.45. The van der Waals surface area contributed by atoms with Crippen LogP contribution < -0.4 is 5.32 Å². The molecule has 0 spiro atoms. The first-order chi connectivity index (χ1) is 13.7. The molecule has 2 aromatic heterocycles. The highest BCUT2D eigenvalue weighted by Gasteiger charge is 2.43. The lowest BCUT2D eigenvalue weighted by molar-refractivity contribution is 0.0280. The average molecular weight is 398 g/mol. The van der Waals surface area contributed by atoms with Gasteiger partial charge in [-0.3, -0.25) is 4.68 Å². The highest BCUT2D eigenvalue weighted by atomic mass is 16.6. The lowest BCUT2D eigenvalue weighted by Gasteiger charge is -2.25. The van der Waals surface area contributed by atoms with Crippen molar-refractivity contribution < 1.29 is 9.53 Å². The van der Waals surface area contributed by atoms with Crippen LogP contribution in [0.3, 0.4) is 0 Å². The Hall–Kier alpha value is -2.57. The number of aryl methyl sites for hydroxylation is 2. The zero-order chi connectivity index (χ0) is 20.8. The van der Waals surface area contributed by atoms with E-state index in [4.69, 9.17) is 4.74 Å². The second kappa shape index (κ2) is 7.35. The van der Waals surface area contributed by atoms with Gasteiger partial charge in [-0.1, -0.05) is 0 Å². The van der Waals surface area contributed by atoms with Gasteiger partial charge in [-0.15, -0.1) is 0 Å². The number of hydrogen-bond donors (Lipinski definition) is 1. The molecule has 1 saturated carbocycles. The lowest BCUT2D eigenvalue weighted by Crippen LogP contribution is -2.36. The summed E-state index contributed by atoms with van der Waals surface area (Å²) in [5.74, 6) is 1.99. The molecule has 29 heavy (non-hydrogen) atoms. The molecule has 7 heteroatoms. The fourth-order valence-electron chi connectivity index (χ4n) is 4.62. The molecule has 2 fully saturated rings. The Balaban J connectivity index is 1.32. The third kappa shape index (κ3) is 4.38. The summed E-state index contributed by atoms with van der Waals surface area (Å²) in [5.41, 5.74) is 2.76. The molecule has 0 unspecified atom stereocenters. The van der Waals surface area contributed by atoms with Crippen molar-refractivity contribution in [1.82, 2.24) is 19.7 Å². The maximum atomic E-state index is 12.3. The molecular formula is C22H31N5O2. The Bertz CT molecular complexity index is 870. The summed E-state index contributed by atoms with van der Waals surface area (Å²) in [6, 6.07) is 4.55. The molecule has 2 aliphatic rings. The molecule has 1 aliphatic heterocycles. The fourth-order valence-corrected chi connectivity index (χ4v) is 4.62. The zero-order valence-corrected chi connectivity index (χ0v) is 18.0. The van der Waals surface area contributed by atoms with Gasteiger partial charge in [-0.05, 0) is 64.5 Å². The Kier molecular flexibility index (Phi) is 5.00. The fraction of sp³-hybridized carbons (Fsp3) is 0.591. The molecule has 1 N–H and O–H groups in total. The molecule has 0 radical (unpaired) electrons. The number of rotatable bonds is 3. The van der Waals surface area contributed by atoms with E-state index in [0.29, 0.717) is 17.9 Å². The van der Waals surface area contributed by atoms with Crippen LogP contribution in [0.15, 0.2) is 24.5 Å². The van der Waals surface area contributed by atoms with Crippen LogP contribution in [0, 0.1) is 18.8 Å². The van der Waals surface area contributed by atoms with E-state index < -0.39 is 5.60 Å². The number of fused-ring (bicyclic) bond motifs is 1. The van der Waals surface area contributed by atoms with Gasteiger partial charge < -0.3 is 15.0 Å². The molecular weight excluding hydrogens is 366 g/mol. The number of ether oxygens (including phenoxy) is 1. The van der Waals surface area contributed by atoms with E-state index in [0.717, 1.165) is 48.6 Å². The van der Waals surface area contributed by atoms with Crippen molar-refractivity contribution in [3.63, 3.8) is 0 Å². The monoisotopic (exact) mass is 397 g/mol. The number of carbonyl (C=O) groups is 1. The Labute approximate surface area is 172 Å². The maximum absolute atomic E-state index is 12.3. The predicted molar refractivity (Wildman–Crippen MR) is 113 cm³/mol. The number of nitrogens with zero attached hydrogens (tertiary/aromatic N) is 4. The average Bonchev–Trinajstić information content (AvgIpc) is 3.27. The molecule has 0 aromatic carbocycles. The number of likely N-dealkylation sites (tertiary alicyclic amines) is 1. The van der Waals surface area contributed by atoms with Crippen LogP contribution >= 0.6 is 0 Å². The Morgan fingerprint density at radius 3 is 2.41 bits per heavy atom. The van der Waals surface area contributed by atoms with Crippen molar-refractivity contribution in [2.24, 2.45) is 18.9 Å². The van der Waals surface area contributed by atoms with E-state index in [-0.39, 0.29) is 6.09 Å². The third-order valence-corrected chi connectivity index (χ3v) is 5.84. The van der Waals surface area contributed by atoms with Gasteiger partial charge >= 0.3 is 6.09 Å². The number of carbonyl (C=O) groups excluding carboxylic acids is 1. The normalized spacial score (nSPS) is 23.9. The molecule has 156 valence electrons. The molecule has 4 rings (SSSR count). The van der Waals surface area contributed by atoms with Gasteiger partial charge in [0.25, 0.3) is 0 Å². The highest BCUT2D eigenvalue weighted by Crippen LogP contribution is 2.39. The summed E-state index contributed by atoms with van der Waals surface area (Å²) in [4.78, 5) is 18.8. The van der Waals surface area contributed by atoms with E-state index in [9.17, 15) is 4.79 Å². The SMILES string of the molecule is Cc1nn(C)cc1-c1ccc(N[C@H]2C[C@@H]3CN(C(=O)OC(C)(C)C)C[C@@H]3C2)nc1. The van der Waals surface area contributed by atoms with E-state index in [1.165, 1.54) is 0 Å². The molecule has 2 aromatic rings. The number of amides is 1. The van der Waals surface area contributed by atoms with Gasteiger partial charge in [0, 0.05) is 49.7 Å². The molecule has 1 saturated heterocycles. The summed E-state index contributed by atoms with van der Waals surface area (Å²) in [6.45, 7) is 9.34. The van der Waals surface area contributed by atoms with Crippen molar-refractivity contribution in [2.45, 2.75) is 52.2 Å². The van der Waals surface area contributed by atoms with Crippen LogP contribution in [-0.4, -0.2) is 50.5 Å². The molecule has 7 nitrogen and oxygen atoms in total. The van der Waals surface area contributed by atoms with E-state index in [1.54, 1.807) is 0 Å². The van der Waals surface area contributed by atoms with E-state index in [2.05, 4.69) is 21.5 Å². The third-order valence-electron chi connectivity index (χ3n) is 5.84.